The van der Waals surface area contributed by atoms with Crippen molar-refractivity contribution in [3.63, 3.8) is 0 Å². The summed E-state index contributed by atoms with van der Waals surface area (Å²) in [6.45, 7) is 0.765. The second kappa shape index (κ2) is 15.2. The smallest absolute Gasteiger partial charge is 0.118 e. The summed E-state index contributed by atoms with van der Waals surface area (Å²) >= 11 is 1.72. The molecule has 2 aromatic rings. The van der Waals surface area contributed by atoms with Gasteiger partial charge in [0.15, 0.2) is 0 Å². The molecule has 4 heteroatoms. The first-order valence-corrected chi connectivity index (χ1v) is 11.3. The van der Waals surface area contributed by atoms with Gasteiger partial charge in [0, 0.05) is 43.8 Å². The highest BCUT2D eigenvalue weighted by molar-refractivity contribution is 7.99. The molecule has 1 unspecified atom stereocenters. The van der Waals surface area contributed by atoms with E-state index in [2.05, 4.69) is 35.8 Å². The number of unbranched alkanes of at least 4 members (excludes halogenated alkanes) is 2. The van der Waals surface area contributed by atoms with Crippen LogP contribution < -0.4 is 4.74 Å². The number of hydrogen-bond donors (Lipinski definition) is 0. The van der Waals surface area contributed by atoms with Crippen molar-refractivity contribution in [2.45, 2.75) is 30.3 Å². The summed E-state index contributed by atoms with van der Waals surface area (Å²) in [7, 11) is 5.08. The van der Waals surface area contributed by atoms with Gasteiger partial charge in [-0.05, 0) is 42.7 Å². The predicted molar refractivity (Wildman–Crippen MR) is 129 cm³/mol. The minimum absolute atomic E-state index is 0.270. The summed E-state index contributed by atoms with van der Waals surface area (Å²) in [5, 5.41) is 0. The van der Waals surface area contributed by atoms with Crippen LogP contribution in [0.15, 0.2) is 71.1 Å². The van der Waals surface area contributed by atoms with E-state index in [1.54, 1.807) is 33.1 Å². The second-order valence-electron chi connectivity index (χ2n) is 6.66. The molecule has 0 saturated carbocycles. The highest BCUT2D eigenvalue weighted by Crippen LogP contribution is 2.26. The first-order valence-electron chi connectivity index (χ1n) is 10.3. The molecule has 0 aliphatic heterocycles. The highest BCUT2D eigenvalue weighted by atomic mass is 32.2. The van der Waals surface area contributed by atoms with Crippen LogP contribution >= 0.6 is 11.8 Å². The molecule has 0 aromatic heterocycles. The Morgan fingerprint density at radius 2 is 1.74 bits per heavy atom. The van der Waals surface area contributed by atoms with Gasteiger partial charge in [0.1, 0.15) is 11.9 Å². The fraction of sp³-hybridized carbons (Fsp3) is 0.333. The third kappa shape index (κ3) is 9.37. The molecule has 3 nitrogen and oxygen atoms in total. The predicted octanol–water partition coefficient (Wildman–Crippen LogP) is 5.92. The van der Waals surface area contributed by atoms with Crippen LogP contribution in [0.3, 0.4) is 0 Å². The van der Waals surface area contributed by atoms with Gasteiger partial charge in [0.25, 0.3) is 0 Å². The minimum Gasteiger partial charge on any atom is -0.497 e. The van der Waals surface area contributed by atoms with Crippen LogP contribution in [0, 0.1) is 23.7 Å². The largest absolute Gasteiger partial charge is 0.497 e. The number of hydrogen-bond acceptors (Lipinski definition) is 4. The van der Waals surface area contributed by atoms with E-state index < -0.39 is 0 Å². The zero-order valence-electron chi connectivity index (χ0n) is 18.5. The van der Waals surface area contributed by atoms with Crippen molar-refractivity contribution in [2.24, 2.45) is 0 Å². The topological polar surface area (TPSA) is 27.7 Å². The standard InChI is InChI=1S/C27H30O3S/c1-28-21-11-5-4-7-13-23(14-10-12-22-31-26-15-8-6-9-16-26)27(30-3)24-17-19-25(29-2)20-18-24/h6,8-9,14-20,27H,4-5,11,21-22H2,1-3H3/b23-14-. The lowest BCUT2D eigenvalue weighted by Gasteiger charge is -2.16. The van der Waals surface area contributed by atoms with E-state index in [0.29, 0.717) is 0 Å². The van der Waals surface area contributed by atoms with Crippen LogP contribution in [-0.2, 0) is 9.47 Å². The lowest BCUT2D eigenvalue weighted by Crippen LogP contribution is -2.04. The lowest BCUT2D eigenvalue weighted by molar-refractivity contribution is 0.137. The Morgan fingerprint density at radius 3 is 2.42 bits per heavy atom. The average molecular weight is 435 g/mol. The molecule has 0 radical (unpaired) electrons. The maximum atomic E-state index is 5.79. The van der Waals surface area contributed by atoms with Gasteiger partial charge < -0.3 is 14.2 Å². The summed E-state index contributed by atoms with van der Waals surface area (Å²) in [4.78, 5) is 1.21. The van der Waals surface area contributed by atoms with Crippen molar-refractivity contribution >= 4 is 11.8 Å². The van der Waals surface area contributed by atoms with Crippen molar-refractivity contribution in [2.75, 3.05) is 33.7 Å². The molecule has 1 atom stereocenters. The Bertz CT molecular complexity index is 912. The van der Waals surface area contributed by atoms with Gasteiger partial charge in [-0.3, -0.25) is 0 Å². The normalized spacial score (nSPS) is 11.6. The van der Waals surface area contributed by atoms with Gasteiger partial charge in [-0.2, -0.15) is 0 Å². The van der Waals surface area contributed by atoms with Crippen molar-refractivity contribution in [3.05, 3.63) is 71.8 Å². The molecule has 2 rings (SSSR count). The third-order valence-corrected chi connectivity index (χ3v) is 5.35. The number of allylic oxidation sites excluding steroid dienone is 1. The number of ether oxygens (including phenoxy) is 3. The summed E-state index contributed by atoms with van der Waals surface area (Å²) < 4.78 is 16.2. The number of rotatable bonds is 10. The first kappa shape index (κ1) is 24.6. The van der Waals surface area contributed by atoms with Crippen LogP contribution in [0.25, 0.3) is 0 Å². The molecule has 0 aliphatic carbocycles. The fourth-order valence-electron chi connectivity index (χ4n) is 2.83. The molecule has 2 aromatic carbocycles. The SMILES string of the molecule is COCCCCC#C/C(=C/C#CCSc1ccccc1)C(OC)c1ccc(OC)cc1. The first-order chi connectivity index (χ1) is 15.3. The maximum Gasteiger partial charge on any atom is 0.118 e. The minimum atomic E-state index is -0.270. The molecule has 0 bridgehead atoms. The molecule has 0 heterocycles. The van der Waals surface area contributed by atoms with Crippen LogP contribution in [0.4, 0.5) is 0 Å². The monoisotopic (exact) mass is 434 g/mol. The number of benzene rings is 2. The highest BCUT2D eigenvalue weighted by Gasteiger charge is 2.14. The average Bonchev–Trinajstić information content (AvgIpc) is 2.82. The zero-order valence-corrected chi connectivity index (χ0v) is 19.3. The van der Waals surface area contributed by atoms with Crippen molar-refractivity contribution < 1.29 is 14.2 Å². The van der Waals surface area contributed by atoms with E-state index in [0.717, 1.165) is 48.5 Å². The van der Waals surface area contributed by atoms with E-state index >= 15 is 0 Å². The molecule has 31 heavy (non-hydrogen) atoms. The summed E-state index contributed by atoms with van der Waals surface area (Å²) in [5.41, 5.74) is 1.88. The molecular formula is C27H30O3S. The van der Waals surface area contributed by atoms with E-state index in [4.69, 9.17) is 14.2 Å². The molecular weight excluding hydrogens is 404 g/mol. The van der Waals surface area contributed by atoms with Crippen LogP contribution in [-0.4, -0.2) is 33.7 Å². The zero-order chi connectivity index (χ0) is 22.2. The fourth-order valence-corrected chi connectivity index (χ4v) is 3.50. The second-order valence-corrected chi connectivity index (χ2v) is 7.71. The molecule has 0 spiro atoms. The van der Waals surface area contributed by atoms with Crippen molar-refractivity contribution in [1.82, 2.24) is 0 Å². The third-order valence-electron chi connectivity index (χ3n) is 4.45. The van der Waals surface area contributed by atoms with E-state index in [-0.39, 0.29) is 6.10 Å². The summed E-state index contributed by atoms with van der Waals surface area (Å²) in [6, 6.07) is 18.1. The van der Waals surface area contributed by atoms with Gasteiger partial charge in [0.05, 0.1) is 12.9 Å². The number of methoxy groups -OCH3 is 3. The molecule has 0 N–H and O–H groups in total. The Labute approximate surface area is 191 Å². The Hall–Kier alpha value is -2.63. The van der Waals surface area contributed by atoms with E-state index in [9.17, 15) is 0 Å². The van der Waals surface area contributed by atoms with Gasteiger partial charge in [-0.1, -0.05) is 54.0 Å². The molecule has 162 valence electrons. The molecule has 0 aliphatic rings. The van der Waals surface area contributed by atoms with Crippen molar-refractivity contribution in [3.8, 4) is 29.4 Å². The quantitative estimate of drug-likeness (QED) is 0.263. The van der Waals surface area contributed by atoms with Gasteiger partial charge >= 0.3 is 0 Å². The van der Waals surface area contributed by atoms with Crippen molar-refractivity contribution in [1.29, 1.82) is 0 Å². The van der Waals surface area contributed by atoms with E-state index in [1.165, 1.54) is 4.90 Å². The molecule has 0 saturated heterocycles. The van der Waals surface area contributed by atoms with Gasteiger partial charge in [-0.25, -0.2) is 0 Å². The van der Waals surface area contributed by atoms with Crippen LogP contribution in [0.1, 0.15) is 30.9 Å². The Balaban J connectivity index is 2.13. The maximum absolute atomic E-state index is 5.79. The molecule has 0 fully saturated rings. The van der Waals surface area contributed by atoms with Gasteiger partial charge in [-0.15, -0.1) is 11.8 Å². The molecule has 0 amide bonds. The number of thioether (sulfide) groups is 1. The van der Waals surface area contributed by atoms with Crippen LogP contribution in [0.2, 0.25) is 0 Å². The summed E-state index contributed by atoms with van der Waals surface area (Å²) in [5.74, 6) is 14.5. The van der Waals surface area contributed by atoms with E-state index in [1.807, 2.05) is 48.5 Å². The van der Waals surface area contributed by atoms with Crippen LogP contribution in [0.5, 0.6) is 5.75 Å². The lowest BCUT2D eigenvalue weighted by atomic mass is 10.0. The van der Waals surface area contributed by atoms with Gasteiger partial charge in [0.2, 0.25) is 0 Å². The summed E-state index contributed by atoms with van der Waals surface area (Å²) in [6.07, 6.45) is 4.44. The Kier molecular flexibility index (Phi) is 12.1. The Morgan fingerprint density at radius 1 is 0.968 bits per heavy atom.